The molecule has 172 valence electrons. The molecule has 2 amide bonds. The van der Waals surface area contributed by atoms with Crippen LogP contribution in [0.1, 0.15) is 30.6 Å². The molecule has 0 saturated carbocycles. The zero-order valence-electron chi connectivity index (χ0n) is 19.4. The molecule has 0 spiro atoms. The van der Waals surface area contributed by atoms with Crippen LogP contribution in [0.4, 0.5) is 11.4 Å². The van der Waals surface area contributed by atoms with Gasteiger partial charge in [0, 0.05) is 23.2 Å². The molecule has 5 heteroatoms. The first-order valence-electron chi connectivity index (χ1n) is 11.5. The number of ether oxygens (including phenoxy) is 1. The summed E-state index contributed by atoms with van der Waals surface area (Å²) in [5.74, 6) is 0.338. The van der Waals surface area contributed by atoms with Crippen molar-refractivity contribution in [1.82, 2.24) is 0 Å². The smallest absolute Gasteiger partial charge is 0.265 e. The van der Waals surface area contributed by atoms with Crippen LogP contribution in [0.15, 0.2) is 97.1 Å². The van der Waals surface area contributed by atoms with Gasteiger partial charge in [-0.15, -0.1) is 0 Å². The van der Waals surface area contributed by atoms with Gasteiger partial charge in [-0.1, -0.05) is 61.5 Å². The second kappa shape index (κ2) is 10.7. The van der Waals surface area contributed by atoms with Crippen LogP contribution < -0.4 is 15.0 Å². The number of nitrogens with zero attached hydrogens (tertiary/aromatic N) is 1. The predicted octanol–water partition coefficient (Wildman–Crippen LogP) is 6.30. The zero-order valence-corrected chi connectivity index (χ0v) is 19.4. The molecule has 4 rings (SSSR count). The maximum Gasteiger partial charge on any atom is 0.265 e. The summed E-state index contributed by atoms with van der Waals surface area (Å²) < 4.78 is 5.82. The maximum atomic E-state index is 13.3. The second-order valence-electron chi connectivity index (χ2n) is 7.94. The summed E-state index contributed by atoms with van der Waals surface area (Å²) in [5.41, 5.74) is 2.05. The number of anilines is 2. The molecule has 0 aliphatic rings. The number of amides is 2. The van der Waals surface area contributed by atoms with Crippen molar-refractivity contribution in [2.45, 2.75) is 26.4 Å². The second-order valence-corrected chi connectivity index (χ2v) is 7.94. The van der Waals surface area contributed by atoms with Gasteiger partial charge in [0.1, 0.15) is 5.75 Å². The molecular weight excluding hydrogens is 424 g/mol. The minimum atomic E-state index is -0.606. The highest BCUT2D eigenvalue weighted by Crippen LogP contribution is 2.28. The fourth-order valence-corrected chi connectivity index (χ4v) is 3.93. The number of fused-ring (bicyclic) bond motifs is 1. The van der Waals surface area contributed by atoms with Crippen molar-refractivity contribution in [3.63, 3.8) is 0 Å². The Morgan fingerprint density at radius 3 is 2.21 bits per heavy atom. The fourth-order valence-electron chi connectivity index (χ4n) is 3.93. The van der Waals surface area contributed by atoms with E-state index < -0.39 is 6.10 Å². The van der Waals surface area contributed by atoms with Gasteiger partial charge in [0.2, 0.25) is 0 Å². The monoisotopic (exact) mass is 452 g/mol. The Balaban J connectivity index is 1.48. The molecule has 4 aromatic rings. The first-order chi connectivity index (χ1) is 16.6. The van der Waals surface area contributed by atoms with Crippen LogP contribution in [0.5, 0.6) is 5.75 Å². The van der Waals surface area contributed by atoms with Crippen LogP contribution in [-0.2, 0) is 4.79 Å². The molecule has 34 heavy (non-hydrogen) atoms. The Morgan fingerprint density at radius 2 is 1.50 bits per heavy atom. The van der Waals surface area contributed by atoms with Crippen LogP contribution in [0.25, 0.3) is 10.8 Å². The van der Waals surface area contributed by atoms with Gasteiger partial charge in [-0.3, -0.25) is 9.59 Å². The van der Waals surface area contributed by atoms with Crippen molar-refractivity contribution < 1.29 is 14.3 Å². The number of hydrogen-bond acceptors (Lipinski definition) is 3. The van der Waals surface area contributed by atoms with E-state index in [1.807, 2.05) is 86.6 Å². The summed E-state index contributed by atoms with van der Waals surface area (Å²) in [6, 6.07) is 30.3. The summed E-state index contributed by atoms with van der Waals surface area (Å²) in [7, 11) is 0. The van der Waals surface area contributed by atoms with Gasteiger partial charge in [0.25, 0.3) is 11.8 Å². The standard InChI is InChI=1S/C29H28N2O3/c1-3-27(34-24-13-6-5-7-14-24)28(32)30-23-19-17-22(18-20-23)29(33)31(4-2)26-16-10-12-21-11-8-9-15-25(21)26/h5-20,27H,3-4H2,1-2H3,(H,30,32). The third-order valence-electron chi connectivity index (χ3n) is 5.70. The van der Waals surface area contributed by atoms with E-state index in [1.54, 1.807) is 29.2 Å². The van der Waals surface area contributed by atoms with E-state index in [0.717, 1.165) is 16.5 Å². The Hall–Kier alpha value is -4.12. The highest BCUT2D eigenvalue weighted by atomic mass is 16.5. The molecule has 0 saturated heterocycles. The SMILES string of the molecule is CCC(Oc1ccccc1)C(=O)Nc1ccc(C(=O)N(CC)c2cccc3ccccc23)cc1. The molecule has 0 radical (unpaired) electrons. The summed E-state index contributed by atoms with van der Waals surface area (Å²) in [4.78, 5) is 27.8. The van der Waals surface area contributed by atoms with Gasteiger partial charge in [0.05, 0.1) is 5.69 Å². The van der Waals surface area contributed by atoms with Crippen LogP contribution in [0.3, 0.4) is 0 Å². The number of rotatable bonds is 8. The molecule has 0 aliphatic heterocycles. The maximum absolute atomic E-state index is 13.3. The van der Waals surface area contributed by atoms with Gasteiger partial charge in [-0.2, -0.15) is 0 Å². The van der Waals surface area contributed by atoms with E-state index in [0.29, 0.717) is 30.0 Å². The quantitative estimate of drug-likeness (QED) is 0.341. The summed E-state index contributed by atoms with van der Waals surface area (Å²) in [6.45, 7) is 4.41. The van der Waals surface area contributed by atoms with E-state index in [4.69, 9.17) is 4.74 Å². The topological polar surface area (TPSA) is 58.6 Å². The lowest BCUT2D eigenvalue weighted by molar-refractivity contribution is -0.122. The zero-order chi connectivity index (χ0) is 23.9. The van der Waals surface area contributed by atoms with Crippen LogP contribution in [0, 0.1) is 0 Å². The number of para-hydroxylation sites is 1. The molecule has 0 fully saturated rings. The molecule has 4 aromatic carbocycles. The van der Waals surface area contributed by atoms with E-state index in [2.05, 4.69) is 5.32 Å². The Kier molecular flexibility index (Phi) is 7.23. The van der Waals surface area contributed by atoms with Crippen molar-refractivity contribution in [1.29, 1.82) is 0 Å². The number of nitrogens with one attached hydrogen (secondary N) is 1. The van der Waals surface area contributed by atoms with Gasteiger partial charge in [0.15, 0.2) is 6.10 Å². The molecule has 1 N–H and O–H groups in total. The van der Waals surface area contributed by atoms with Crippen molar-refractivity contribution in [2.75, 3.05) is 16.8 Å². The first kappa shape index (κ1) is 23.1. The Bertz CT molecular complexity index is 1260. The summed E-state index contributed by atoms with van der Waals surface area (Å²) in [6.07, 6.45) is -0.0704. The Morgan fingerprint density at radius 1 is 0.824 bits per heavy atom. The van der Waals surface area contributed by atoms with Crippen molar-refractivity contribution in [3.05, 3.63) is 103 Å². The highest BCUT2D eigenvalue weighted by Gasteiger charge is 2.20. The first-order valence-corrected chi connectivity index (χ1v) is 11.5. The fraction of sp³-hybridized carbons (Fsp3) is 0.172. The van der Waals surface area contributed by atoms with E-state index in [-0.39, 0.29) is 11.8 Å². The van der Waals surface area contributed by atoms with E-state index in [9.17, 15) is 9.59 Å². The number of benzene rings is 4. The summed E-state index contributed by atoms with van der Waals surface area (Å²) in [5, 5.41) is 5.02. The molecule has 0 heterocycles. The molecule has 0 aromatic heterocycles. The third kappa shape index (κ3) is 5.09. The van der Waals surface area contributed by atoms with Crippen LogP contribution >= 0.6 is 0 Å². The lowest BCUT2D eigenvalue weighted by atomic mass is 10.1. The lowest BCUT2D eigenvalue weighted by Gasteiger charge is -2.23. The predicted molar refractivity (Wildman–Crippen MR) is 138 cm³/mol. The van der Waals surface area contributed by atoms with Crippen LogP contribution in [-0.4, -0.2) is 24.5 Å². The van der Waals surface area contributed by atoms with E-state index >= 15 is 0 Å². The van der Waals surface area contributed by atoms with Crippen molar-refractivity contribution >= 4 is 34.0 Å². The van der Waals surface area contributed by atoms with Gasteiger partial charge in [-0.05, 0) is 61.2 Å². The lowest BCUT2D eigenvalue weighted by Crippen LogP contribution is -2.32. The molecule has 5 nitrogen and oxygen atoms in total. The molecule has 0 aliphatic carbocycles. The largest absolute Gasteiger partial charge is 0.481 e. The normalized spacial score (nSPS) is 11.6. The van der Waals surface area contributed by atoms with E-state index in [1.165, 1.54) is 0 Å². The average Bonchev–Trinajstić information content (AvgIpc) is 2.88. The minimum Gasteiger partial charge on any atom is -0.481 e. The molecule has 1 atom stereocenters. The molecular formula is C29H28N2O3. The van der Waals surface area contributed by atoms with Gasteiger partial charge in [-0.25, -0.2) is 0 Å². The Labute approximate surface area is 200 Å². The van der Waals surface area contributed by atoms with Crippen molar-refractivity contribution in [2.24, 2.45) is 0 Å². The highest BCUT2D eigenvalue weighted by molar-refractivity contribution is 6.11. The molecule has 0 bridgehead atoms. The summed E-state index contributed by atoms with van der Waals surface area (Å²) >= 11 is 0. The average molecular weight is 453 g/mol. The number of hydrogen-bond donors (Lipinski definition) is 1. The number of carbonyl (C=O) groups is 2. The number of carbonyl (C=O) groups excluding carboxylic acids is 2. The van der Waals surface area contributed by atoms with Gasteiger partial charge >= 0.3 is 0 Å². The molecule has 1 unspecified atom stereocenters. The minimum absolute atomic E-state index is 0.0874. The third-order valence-corrected chi connectivity index (χ3v) is 5.70. The van der Waals surface area contributed by atoms with Crippen LogP contribution in [0.2, 0.25) is 0 Å². The van der Waals surface area contributed by atoms with Gasteiger partial charge < -0.3 is 15.0 Å². The van der Waals surface area contributed by atoms with Crippen molar-refractivity contribution in [3.8, 4) is 5.75 Å².